The average Bonchev–Trinajstić information content (AvgIpc) is 2.38. The maximum Gasteiger partial charge on any atom is 0.210 e. The fourth-order valence-corrected chi connectivity index (χ4v) is 1.51. The van der Waals surface area contributed by atoms with Gasteiger partial charge in [-0.3, -0.25) is 0 Å². The Balaban J connectivity index is 0.00000144. The number of hydrogen-bond acceptors (Lipinski definition) is 0. The summed E-state index contributed by atoms with van der Waals surface area (Å²) in [5, 5.41) is 0. The van der Waals surface area contributed by atoms with E-state index in [1.165, 1.54) is 5.56 Å². The van der Waals surface area contributed by atoms with Crippen molar-refractivity contribution in [2.75, 3.05) is 0 Å². The summed E-state index contributed by atoms with van der Waals surface area (Å²) >= 11 is 0. The van der Waals surface area contributed by atoms with Crippen LogP contribution in [0.5, 0.6) is 0 Å². The third-order valence-corrected chi connectivity index (χ3v) is 2.36. The summed E-state index contributed by atoms with van der Waals surface area (Å²) in [6, 6.07) is 16.3. The van der Waals surface area contributed by atoms with E-state index in [9.17, 15) is 0 Å². The highest BCUT2D eigenvalue weighted by atomic mass is 35.5. The normalized spacial score (nSPS) is 9.88. The zero-order valence-corrected chi connectivity index (χ0v) is 10.2. The van der Waals surface area contributed by atoms with Crippen LogP contribution in [0.2, 0.25) is 0 Å². The Kier molecular flexibility index (Phi) is 5.18. The molecule has 0 spiro atoms. The van der Waals surface area contributed by atoms with Crippen molar-refractivity contribution in [1.82, 2.24) is 0 Å². The summed E-state index contributed by atoms with van der Waals surface area (Å²) < 4.78 is 2.04. The van der Waals surface area contributed by atoms with Gasteiger partial charge in [-0.05, 0) is 11.6 Å². The van der Waals surface area contributed by atoms with Crippen molar-refractivity contribution in [2.24, 2.45) is 0 Å². The molecule has 1 aromatic heterocycles. The molecule has 17 heavy (non-hydrogen) atoms. The van der Waals surface area contributed by atoms with Crippen LogP contribution in [0.4, 0.5) is 0 Å². The number of halogens is 1. The monoisotopic (exact) mass is 243 g/mol. The minimum Gasteiger partial charge on any atom is -1.00 e. The molecule has 2 rings (SSSR count). The van der Waals surface area contributed by atoms with Crippen molar-refractivity contribution in [3.8, 4) is 0 Å². The van der Waals surface area contributed by atoms with Gasteiger partial charge in [-0.2, -0.15) is 4.57 Å². The maximum atomic E-state index is 3.79. The van der Waals surface area contributed by atoms with Gasteiger partial charge in [0, 0.05) is 24.3 Å². The van der Waals surface area contributed by atoms with E-state index in [0.29, 0.717) is 0 Å². The summed E-state index contributed by atoms with van der Waals surface area (Å²) in [5.41, 5.74) is 2.27. The lowest BCUT2D eigenvalue weighted by molar-refractivity contribution is -0.569. The lowest BCUT2D eigenvalue weighted by Crippen LogP contribution is -3.00. The van der Waals surface area contributed by atoms with Crippen molar-refractivity contribution in [3.05, 3.63) is 72.6 Å². The smallest absolute Gasteiger partial charge is 0.210 e. The van der Waals surface area contributed by atoms with Gasteiger partial charge in [0.05, 0.1) is 0 Å². The molecule has 0 radical (unpaired) electrons. The summed E-state index contributed by atoms with van der Waals surface area (Å²) in [7, 11) is 0. The van der Waals surface area contributed by atoms with E-state index in [-0.39, 0.29) is 12.4 Å². The van der Waals surface area contributed by atoms with Crippen LogP contribution in [-0.4, -0.2) is 0 Å². The molecule has 1 aromatic carbocycles. The summed E-state index contributed by atoms with van der Waals surface area (Å²) in [5.74, 6) is 0. The second-order valence-corrected chi connectivity index (χ2v) is 3.46. The molecule has 0 fully saturated rings. The van der Waals surface area contributed by atoms with Crippen LogP contribution in [0, 0.1) is 0 Å². The number of pyridine rings is 1. The van der Waals surface area contributed by atoms with Crippen molar-refractivity contribution in [3.63, 3.8) is 0 Å². The molecule has 0 N–H and O–H groups in total. The quantitative estimate of drug-likeness (QED) is 0.681. The first-order chi connectivity index (χ1) is 7.90. The minimum atomic E-state index is 0. The van der Waals surface area contributed by atoms with Crippen LogP contribution >= 0.6 is 0 Å². The highest BCUT2D eigenvalue weighted by molar-refractivity contribution is 5.57. The zero-order chi connectivity index (χ0) is 11.2. The van der Waals surface area contributed by atoms with Gasteiger partial charge in [0.2, 0.25) is 5.69 Å². The van der Waals surface area contributed by atoms with Gasteiger partial charge in [0.1, 0.15) is 0 Å². The molecule has 0 atom stereocenters. The second kappa shape index (κ2) is 6.66. The van der Waals surface area contributed by atoms with Crippen LogP contribution in [0.3, 0.4) is 0 Å². The predicted molar refractivity (Wildman–Crippen MR) is 68.4 cm³/mol. The largest absolute Gasteiger partial charge is 1.00 e. The fourth-order valence-electron chi connectivity index (χ4n) is 1.51. The zero-order valence-electron chi connectivity index (χ0n) is 9.46. The van der Waals surface area contributed by atoms with E-state index in [0.717, 1.165) is 5.69 Å². The number of hydrogen-bond donors (Lipinski definition) is 0. The molecule has 0 unspecified atom stereocenters. The van der Waals surface area contributed by atoms with Crippen molar-refractivity contribution < 1.29 is 17.0 Å². The molecule has 2 aromatic rings. The highest BCUT2D eigenvalue weighted by Crippen LogP contribution is 2.01. The number of rotatable bonds is 3. The van der Waals surface area contributed by atoms with Crippen LogP contribution < -0.4 is 17.0 Å². The topological polar surface area (TPSA) is 3.88 Å². The Morgan fingerprint density at radius 2 is 1.65 bits per heavy atom. The first-order valence-corrected chi connectivity index (χ1v) is 5.26. The third kappa shape index (κ3) is 3.58. The van der Waals surface area contributed by atoms with Crippen molar-refractivity contribution in [2.45, 2.75) is 0 Å². The van der Waals surface area contributed by atoms with Crippen LogP contribution in [0.25, 0.3) is 18.4 Å². The summed E-state index contributed by atoms with van der Waals surface area (Å²) in [4.78, 5) is 0. The van der Waals surface area contributed by atoms with E-state index in [2.05, 4.69) is 24.8 Å². The second-order valence-electron chi connectivity index (χ2n) is 3.46. The van der Waals surface area contributed by atoms with Crippen LogP contribution in [-0.2, 0) is 0 Å². The SMILES string of the molecule is C=Cc1cccc[n+]1C=Cc1ccccc1.[Cl-]. The first kappa shape index (κ1) is 13.2. The molecule has 86 valence electrons. The lowest BCUT2D eigenvalue weighted by Gasteiger charge is -1.93. The summed E-state index contributed by atoms with van der Waals surface area (Å²) in [6.07, 6.45) is 7.96. The Bertz CT molecular complexity index is 503. The molecule has 0 saturated heterocycles. The molecule has 1 nitrogen and oxygen atoms in total. The van der Waals surface area contributed by atoms with E-state index in [1.54, 1.807) is 0 Å². The van der Waals surface area contributed by atoms with Gasteiger partial charge in [-0.25, -0.2) is 0 Å². The number of aromatic nitrogens is 1. The molecule has 0 saturated carbocycles. The number of nitrogens with zero attached hydrogens (tertiary/aromatic N) is 1. The molecule has 0 aliphatic heterocycles. The predicted octanol–water partition coefficient (Wildman–Crippen LogP) is 0.249. The highest BCUT2D eigenvalue weighted by Gasteiger charge is 2.00. The van der Waals surface area contributed by atoms with Gasteiger partial charge in [-0.1, -0.05) is 36.9 Å². The van der Waals surface area contributed by atoms with E-state index < -0.39 is 0 Å². The van der Waals surface area contributed by atoms with Crippen molar-refractivity contribution >= 4 is 18.4 Å². The minimum absolute atomic E-state index is 0. The lowest BCUT2D eigenvalue weighted by atomic mass is 10.2. The molecule has 1 heterocycles. The first-order valence-electron chi connectivity index (χ1n) is 5.26. The standard InChI is InChI=1S/C15H14N.ClH/c1-2-15-10-6-7-12-16(15)13-11-14-8-4-3-5-9-14;/h2-13H,1H2;1H/q+1;/p-1. The molecule has 0 amide bonds. The Hall–Kier alpha value is -1.86. The van der Waals surface area contributed by atoms with Gasteiger partial charge in [0.25, 0.3) is 0 Å². The molecule has 0 aliphatic rings. The van der Waals surface area contributed by atoms with Crippen LogP contribution in [0.15, 0.2) is 61.3 Å². The Labute approximate surface area is 108 Å². The van der Waals surface area contributed by atoms with Gasteiger partial charge < -0.3 is 12.4 Å². The van der Waals surface area contributed by atoms with Crippen molar-refractivity contribution in [1.29, 1.82) is 0 Å². The maximum absolute atomic E-state index is 3.79. The van der Waals surface area contributed by atoms with Gasteiger partial charge >= 0.3 is 0 Å². The third-order valence-electron chi connectivity index (χ3n) is 2.36. The van der Waals surface area contributed by atoms with Crippen LogP contribution in [0.1, 0.15) is 11.3 Å². The van der Waals surface area contributed by atoms with Gasteiger partial charge in [-0.15, -0.1) is 0 Å². The fraction of sp³-hybridized carbons (Fsp3) is 0. The Morgan fingerprint density at radius 1 is 0.941 bits per heavy atom. The van der Waals surface area contributed by atoms with E-state index >= 15 is 0 Å². The van der Waals surface area contributed by atoms with Gasteiger partial charge in [0.15, 0.2) is 12.4 Å². The Morgan fingerprint density at radius 3 is 2.35 bits per heavy atom. The average molecular weight is 244 g/mol. The molecular weight excluding hydrogens is 230 g/mol. The number of benzene rings is 1. The van der Waals surface area contributed by atoms with E-state index in [4.69, 9.17) is 0 Å². The molecule has 0 bridgehead atoms. The van der Waals surface area contributed by atoms with E-state index in [1.807, 2.05) is 59.4 Å². The molecule has 2 heteroatoms. The summed E-state index contributed by atoms with van der Waals surface area (Å²) in [6.45, 7) is 3.79. The molecular formula is C15H14ClN. The molecule has 0 aliphatic carbocycles.